The first-order valence-corrected chi connectivity index (χ1v) is 7.09. The van der Waals surface area contributed by atoms with E-state index in [1.54, 1.807) is 0 Å². The van der Waals surface area contributed by atoms with Crippen LogP contribution in [0.15, 0.2) is 24.3 Å². The van der Waals surface area contributed by atoms with Crippen molar-refractivity contribution < 1.29 is 14.7 Å². The average molecular weight is 292 g/mol. The number of rotatable bonds is 7. The number of nitrogens with zero attached hydrogens (tertiary/aromatic N) is 1. The van der Waals surface area contributed by atoms with Crippen LogP contribution >= 0.6 is 0 Å². The number of likely N-dealkylation sites (N-methyl/N-ethyl adjacent to an activating group) is 1. The number of carboxylic acid groups (broad SMARTS) is 1. The van der Waals surface area contributed by atoms with Crippen molar-refractivity contribution in [2.24, 2.45) is 5.92 Å². The molecule has 0 aliphatic carbocycles. The Morgan fingerprint density at radius 3 is 2.48 bits per heavy atom. The number of anilines is 1. The van der Waals surface area contributed by atoms with Gasteiger partial charge in [0.25, 0.3) is 0 Å². The largest absolute Gasteiger partial charge is 0.481 e. The van der Waals surface area contributed by atoms with Gasteiger partial charge < -0.3 is 10.4 Å². The summed E-state index contributed by atoms with van der Waals surface area (Å²) in [5, 5.41) is 11.6. The number of aryl methyl sites for hydroxylation is 1. The lowest BCUT2D eigenvalue weighted by Crippen LogP contribution is -2.43. The van der Waals surface area contributed by atoms with Crippen LogP contribution in [0.4, 0.5) is 5.69 Å². The standard InChI is InChI=1S/C16H24N2O3/c1-11(2)15(18(3)4)16(21)17-13-7-5-6-12(10-13)8-9-14(19)20/h5-7,10-11,15H,8-9H2,1-4H3,(H,17,21)(H,19,20)/t15-/m1/s1. The van der Waals surface area contributed by atoms with Crippen molar-refractivity contribution in [3.8, 4) is 0 Å². The van der Waals surface area contributed by atoms with Crippen molar-refractivity contribution in [3.05, 3.63) is 29.8 Å². The Morgan fingerprint density at radius 2 is 1.95 bits per heavy atom. The molecule has 0 saturated heterocycles. The lowest BCUT2D eigenvalue weighted by molar-refractivity contribution is -0.137. The molecule has 21 heavy (non-hydrogen) atoms. The Bertz CT molecular complexity index is 490. The molecule has 0 aliphatic heterocycles. The molecule has 0 fully saturated rings. The third-order valence-corrected chi connectivity index (χ3v) is 3.28. The Morgan fingerprint density at radius 1 is 1.29 bits per heavy atom. The average Bonchev–Trinajstić information content (AvgIpc) is 2.35. The number of benzene rings is 1. The highest BCUT2D eigenvalue weighted by molar-refractivity contribution is 5.95. The van der Waals surface area contributed by atoms with Crippen LogP contribution in [0.2, 0.25) is 0 Å². The molecule has 0 aromatic heterocycles. The molecule has 1 aromatic rings. The zero-order chi connectivity index (χ0) is 16.0. The van der Waals surface area contributed by atoms with Crippen molar-refractivity contribution in [2.45, 2.75) is 32.7 Å². The zero-order valence-corrected chi connectivity index (χ0v) is 13.1. The quantitative estimate of drug-likeness (QED) is 0.808. The zero-order valence-electron chi connectivity index (χ0n) is 13.1. The second-order valence-electron chi connectivity index (χ2n) is 5.74. The Labute approximate surface area is 126 Å². The molecule has 0 aliphatic rings. The molecule has 0 bridgehead atoms. The van der Waals surface area contributed by atoms with Crippen LogP contribution in [0.25, 0.3) is 0 Å². The first kappa shape index (κ1) is 17.2. The second-order valence-corrected chi connectivity index (χ2v) is 5.74. The summed E-state index contributed by atoms with van der Waals surface area (Å²) < 4.78 is 0. The molecule has 1 atom stereocenters. The van der Waals surface area contributed by atoms with Gasteiger partial charge in [0.05, 0.1) is 6.04 Å². The van der Waals surface area contributed by atoms with E-state index in [2.05, 4.69) is 5.32 Å². The van der Waals surface area contributed by atoms with Gasteiger partial charge in [-0.05, 0) is 44.1 Å². The topological polar surface area (TPSA) is 69.6 Å². The summed E-state index contributed by atoms with van der Waals surface area (Å²) in [6.07, 6.45) is 0.546. The van der Waals surface area contributed by atoms with Crippen LogP contribution in [-0.4, -0.2) is 42.0 Å². The monoisotopic (exact) mass is 292 g/mol. The minimum atomic E-state index is -0.822. The predicted octanol–water partition coefficient (Wildman–Crippen LogP) is 2.23. The second kappa shape index (κ2) is 7.78. The molecule has 1 amide bonds. The van der Waals surface area contributed by atoms with Crippen LogP contribution in [-0.2, 0) is 16.0 Å². The number of amides is 1. The van der Waals surface area contributed by atoms with Gasteiger partial charge in [-0.3, -0.25) is 14.5 Å². The van der Waals surface area contributed by atoms with E-state index < -0.39 is 5.97 Å². The van der Waals surface area contributed by atoms with Gasteiger partial charge in [0.1, 0.15) is 0 Å². The van der Waals surface area contributed by atoms with Crippen LogP contribution in [0.1, 0.15) is 25.8 Å². The Balaban J connectivity index is 2.76. The summed E-state index contributed by atoms with van der Waals surface area (Å²) in [4.78, 5) is 24.8. The Kier molecular flexibility index (Phi) is 6.37. The lowest BCUT2D eigenvalue weighted by atomic mass is 10.0. The van der Waals surface area contributed by atoms with E-state index in [1.807, 2.05) is 57.1 Å². The summed E-state index contributed by atoms with van der Waals surface area (Å²) in [5.74, 6) is -0.669. The molecule has 0 spiro atoms. The van der Waals surface area contributed by atoms with E-state index in [0.717, 1.165) is 5.56 Å². The molecular formula is C16H24N2O3. The number of carboxylic acids is 1. The van der Waals surface area contributed by atoms with Crippen molar-refractivity contribution in [1.29, 1.82) is 0 Å². The molecule has 0 saturated carbocycles. The SMILES string of the molecule is CC(C)[C@H](C(=O)Nc1cccc(CCC(=O)O)c1)N(C)C. The highest BCUT2D eigenvalue weighted by Gasteiger charge is 2.24. The van der Waals surface area contributed by atoms with Crippen LogP contribution in [0.5, 0.6) is 0 Å². The first-order valence-electron chi connectivity index (χ1n) is 7.09. The van der Waals surface area contributed by atoms with Crippen molar-refractivity contribution >= 4 is 17.6 Å². The molecule has 0 heterocycles. The van der Waals surface area contributed by atoms with E-state index in [4.69, 9.17) is 5.11 Å². The summed E-state index contributed by atoms with van der Waals surface area (Å²) in [5.41, 5.74) is 1.61. The van der Waals surface area contributed by atoms with Gasteiger partial charge in [0, 0.05) is 12.1 Å². The Hall–Kier alpha value is -1.88. The van der Waals surface area contributed by atoms with Gasteiger partial charge in [0.15, 0.2) is 0 Å². The molecule has 0 radical (unpaired) electrons. The van der Waals surface area contributed by atoms with Gasteiger partial charge >= 0.3 is 5.97 Å². The third-order valence-electron chi connectivity index (χ3n) is 3.28. The molecule has 2 N–H and O–H groups in total. The van der Waals surface area contributed by atoms with E-state index in [0.29, 0.717) is 12.1 Å². The molecule has 1 aromatic carbocycles. The highest BCUT2D eigenvalue weighted by Crippen LogP contribution is 2.15. The van der Waals surface area contributed by atoms with Gasteiger partial charge in [0.2, 0.25) is 5.91 Å². The van der Waals surface area contributed by atoms with Crippen molar-refractivity contribution in [2.75, 3.05) is 19.4 Å². The number of nitrogens with one attached hydrogen (secondary N) is 1. The number of hydrogen-bond donors (Lipinski definition) is 2. The summed E-state index contributed by atoms with van der Waals surface area (Å²) in [6, 6.07) is 7.13. The van der Waals surface area contributed by atoms with E-state index in [9.17, 15) is 9.59 Å². The molecule has 5 nitrogen and oxygen atoms in total. The van der Waals surface area contributed by atoms with Gasteiger partial charge in [-0.1, -0.05) is 26.0 Å². The maximum Gasteiger partial charge on any atom is 0.303 e. The van der Waals surface area contributed by atoms with E-state index in [-0.39, 0.29) is 24.3 Å². The first-order chi connectivity index (χ1) is 9.81. The van der Waals surface area contributed by atoms with Crippen LogP contribution in [0.3, 0.4) is 0 Å². The lowest BCUT2D eigenvalue weighted by Gasteiger charge is -2.26. The summed E-state index contributed by atoms with van der Waals surface area (Å²) >= 11 is 0. The summed E-state index contributed by atoms with van der Waals surface area (Å²) in [7, 11) is 3.76. The highest BCUT2D eigenvalue weighted by atomic mass is 16.4. The number of carbonyl (C=O) groups excluding carboxylic acids is 1. The summed E-state index contributed by atoms with van der Waals surface area (Å²) in [6.45, 7) is 4.01. The fourth-order valence-corrected chi connectivity index (χ4v) is 2.41. The van der Waals surface area contributed by atoms with Crippen molar-refractivity contribution in [3.63, 3.8) is 0 Å². The maximum atomic E-state index is 12.3. The number of carbonyl (C=O) groups is 2. The van der Waals surface area contributed by atoms with Crippen molar-refractivity contribution in [1.82, 2.24) is 4.90 Å². The van der Waals surface area contributed by atoms with Crippen LogP contribution in [0, 0.1) is 5.92 Å². The van der Waals surface area contributed by atoms with Gasteiger partial charge in [-0.2, -0.15) is 0 Å². The predicted molar refractivity (Wildman–Crippen MR) is 83.3 cm³/mol. The van der Waals surface area contributed by atoms with Crippen LogP contribution < -0.4 is 5.32 Å². The number of aliphatic carboxylic acids is 1. The minimum Gasteiger partial charge on any atom is -0.481 e. The third kappa shape index (κ3) is 5.55. The van der Waals surface area contributed by atoms with E-state index in [1.165, 1.54) is 0 Å². The molecular weight excluding hydrogens is 268 g/mol. The normalized spacial score (nSPS) is 12.5. The fourth-order valence-electron chi connectivity index (χ4n) is 2.41. The molecule has 1 rings (SSSR count). The maximum absolute atomic E-state index is 12.3. The molecule has 5 heteroatoms. The van der Waals surface area contributed by atoms with Gasteiger partial charge in [-0.25, -0.2) is 0 Å². The van der Waals surface area contributed by atoms with E-state index >= 15 is 0 Å². The smallest absolute Gasteiger partial charge is 0.303 e. The minimum absolute atomic E-state index is 0.0506. The number of hydrogen-bond acceptors (Lipinski definition) is 3. The fraction of sp³-hybridized carbons (Fsp3) is 0.500. The molecule has 116 valence electrons. The molecule has 0 unspecified atom stereocenters. The van der Waals surface area contributed by atoms with Gasteiger partial charge in [-0.15, -0.1) is 0 Å².